The lowest BCUT2D eigenvalue weighted by Gasteiger charge is -2.02. The molecule has 0 aliphatic carbocycles. The molecule has 27 heavy (non-hydrogen) atoms. The SMILES string of the molecule is CCCCn1c2ccccc2n2c(SCc3nc4ccccc4[nH]3)nnc12. The van der Waals surface area contributed by atoms with Gasteiger partial charge in [-0.15, -0.1) is 10.2 Å². The number of aryl methyl sites for hydroxylation is 1. The van der Waals surface area contributed by atoms with Crippen LogP contribution in [0.1, 0.15) is 25.6 Å². The van der Waals surface area contributed by atoms with Crippen molar-refractivity contribution >= 4 is 39.6 Å². The van der Waals surface area contributed by atoms with Crippen LogP contribution in [0.5, 0.6) is 0 Å². The Morgan fingerprint density at radius 1 is 1.00 bits per heavy atom. The highest BCUT2D eigenvalue weighted by Gasteiger charge is 2.17. The van der Waals surface area contributed by atoms with E-state index < -0.39 is 0 Å². The number of thioether (sulfide) groups is 1. The van der Waals surface area contributed by atoms with Crippen LogP contribution in [0.4, 0.5) is 0 Å². The Hall–Kier alpha value is -2.80. The van der Waals surface area contributed by atoms with Gasteiger partial charge in [0.1, 0.15) is 5.82 Å². The molecule has 0 fully saturated rings. The zero-order valence-corrected chi connectivity index (χ0v) is 15.9. The van der Waals surface area contributed by atoms with E-state index in [0.717, 1.165) is 58.4 Å². The average Bonchev–Trinajstić information content (AvgIpc) is 3.38. The zero-order valence-electron chi connectivity index (χ0n) is 15.1. The molecule has 0 amide bonds. The Morgan fingerprint density at radius 2 is 1.81 bits per heavy atom. The summed E-state index contributed by atoms with van der Waals surface area (Å²) in [6.07, 6.45) is 2.28. The van der Waals surface area contributed by atoms with Gasteiger partial charge in [0.2, 0.25) is 5.78 Å². The maximum atomic E-state index is 4.66. The number of nitrogens with one attached hydrogen (secondary N) is 1. The van der Waals surface area contributed by atoms with Crippen molar-refractivity contribution < 1.29 is 0 Å². The maximum absolute atomic E-state index is 4.66. The van der Waals surface area contributed by atoms with Crippen LogP contribution in [0.15, 0.2) is 53.7 Å². The summed E-state index contributed by atoms with van der Waals surface area (Å²) in [4.78, 5) is 8.04. The van der Waals surface area contributed by atoms with Gasteiger partial charge < -0.3 is 9.55 Å². The van der Waals surface area contributed by atoms with Gasteiger partial charge in [-0.25, -0.2) is 4.98 Å². The number of hydrogen-bond acceptors (Lipinski definition) is 4. The lowest BCUT2D eigenvalue weighted by Crippen LogP contribution is -1.98. The Kier molecular flexibility index (Phi) is 4.09. The monoisotopic (exact) mass is 376 g/mol. The molecule has 3 heterocycles. The van der Waals surface area contributed by atoms with E-state index in [1.54, 1.807) is 11.8 Å². The van der Waals surface area contributed by atoms with Gasteiger partial charge in [0, 0.05) is 6.54 Å². The van der Waals surface area contributed by atoms with Gasteiger partial charge in [0.25, 0.3) is 0 Å². The molecule has 0 saturated heterocycles. The van der Waals surface area contributed by atoms with Crippen LogP contribution >= 0.6 is 11.8 Å². The number of benzene rings is 2. The predicted octanol–water partition coefficient (Wildman–Crippen LogP) is 4.65. The van der Waals surface area contributed by atoms with Crippen LogP contribution in [0, 0.1) is 0 Å². The van der Waals surface area contributed by atoms with Crippen LogP contribution in [0.25, 0.3) is 27.8 Å². The fourth-order valence-corrected chi connectivity index (χ4v) is 4.28. The molecule has 1 N–H and O–H groups in total. The van der Waals surface area contributed by atoms with E-state index in [1.807, 2.05) is 24.3 Å². The lowest BCUT2D eigenvalue weighted by atomic mass is 10.3. The largest absolute Gasteiger partial charge is 0.341 e. The first-order valence-electron chi connectivity index (χ1n) is 9.24. The second-order valence-corrected chi connectivity index (χ2v) is 7.54. The van der Waals surface area contributed by atoms with Gasteiger partial charge in [-0.3, -0.25) is 4.40 Å². The summed E-state index contributed by atoms with van der Waals surface area (Å²) in [6, 6.07) is 16.5. The smallest absolute Gasteiger partial charge is 0.237 e. The first-order valence-corrected chi connectivity index (χ1v) is 10.2. The summed E-state index contributed by atoms with van der Waals surface area (Å²) in [6.45, 7) is 3.17. The van der Waals surface area contributed by atoms with E-state index in [0.29, 0.717) is 0 Å². The highest BCUT2D eigenvalue weighted by atomic mass is 32.2. The van der Waals surface area contributed by atoms with Crippen molar-refractivity contribution in [3.63, 3.8) is 0 Å². The van der Waals surface area contributed by atoms with Gasteiger partial charge in [-0.1, -0.05) is 49.4 Å². The van der Waals surface area contributed by atoms with Crippen LogP contribution in [0.2, 0.25) is 0 Å². The third-order valence-electron chi connectivity index (χ3n) is 4.78. The molecule has 0 saturated carbocycles. The van der Waals surface area contributed by atoms with Gasteiger partial charge in [0.05, 0.1) is 27.8 Å². The molecular formula is C20H20N6S. The second-order valence-electron chi connectivity index (χ2n) is 6.60. The number of imidazole rings is 2. The number of aromatic amines is 1. The van der Waals surface area contributed by atoms with Crippen molar-refractivity contribution in [2.75, 3.05) is 0 Å². The molecule has 0 bridgehead atoms. The molecule has 0 radical (unpaired) electrons. The fourth-order valence-electron chi connectivity index (χ4n) is 3.47. The standard InChI is InChI=1S/C20H20N6S/c1-2-3-12-25-16-10-6-7-11-17(16)26-19(25)23-24-20(26)27-13-18-21-14-8-4-5-9-15(14)22-18/h4-11H,2-3,12-13H2,1H3,(H,21,22). The first kappa shape index (κ1) is 16.4. The van der Waals surface area contributed by atoms with Gasteiger partial charge in [-0.05, 0) is 30.7 Å². The van der Waals surface area contributed by atoms with Gasteiger partial charge >= 0.3 is 0 Å². The predicted molar refractivity (Wildman–Crippen MR) is 109 cm³/mol. The Labute approximate surface area is 160 Å². The third-order valence-corrected chi connectivity index (χ3v) is 5.72. The number of hydrogen-bond donors (Lipinski definition) is 1. The summed E-state index contributed by atoms with van der Waals surface area (Å²) in [7, 11) is 0. The molecular weight excluding hydrogens is 356 g/mol. The molecule has 6 nitrogen and oxygen atoms in total. The average molecular weight is 376 g/mol. The fraction of sp³-hybridized carbons (Fsp3) is 0.250. The number of rotatable bonds is 6. The van der Waals surface area contributed by atoms with Crippen molar-refractivity contribution in [2.45, 2.75) is 37.2 Å². The van der Waals surface area contributed by atoms with Crippen molar-refractivity contribution in [3.05, 3.63) is 54.4 Å². The second kappa shape index (κ2) is 6.74. The molecule has 7 heteroatoms. The quantitative estimate of drug-likeness (QED) is 0.438. The zero-order chi connectivity index (χ0) is 18.2. The molecule has 0 aliphatic rings. The minimum absolute atomic E-state index is 0.726. The number of nitrogens with zero attached hydrogens (tertiary/aromatic N) is 5. The number of para-hydroxylation sites is 4. The molecule has 136 valence electrons. The third kappa shape index (κ3) is 2.78. The van der Waals surface area contributed by atoms with Crippen molar-refractivity contribution in [2.24, 2.45) is 0 Å². The minimum Gasteiger partial charge on any atom is -0.341 e. The van der Waals surface area contributed by atoms with E-state index in [1.165, 1.54) is 5.52 Å². The summed E-state index contributed by atoms with van der Waals surface area (Å²) < 4.78 is 4.44. The number of aromatic nitrogens is 6. The van der Waals surface area contributed by atoms with Gasteiger partial charge in [0.15, 0.2) is 5.16 Å². The molecule has 5 rings (SSSR count). The van der Waals surface area contributed by atoms with E-state index in [9.17, 15) is 0 Å². The highest BCUT2D eigenvalue weighted by molar-refractivity contribution is 7.98. The van der Waals surface area contributed by atoms with Crippen LogP contribution < -0.4 is 0 Å². The molecule has 5 aromatic rings. The topological polar surface area (TPSA) is 63.8 Å². The normalized spacial score (nSPS) is 11.9. The molecule has 2 aromatic carbocycles. The van der Waals surface area contributed by atoms with Gasteiger partial charge in [-0.2, -0.15) is 0 Å². The highest BCUT2D eigenvalue weighted by Crippen LogP contribution is 2.28. The summed E-state index contributed by atoms with van der Waals surface area (Å²) in [5.74, 6) is 2.59. The molecule has 3 aromatic heterocycles. The number of H-pyrrole nitrogens is 1. The Bertz CT molecular complexity index is 1200. The molecule has 0 unspecified atom stereocenters. The van der Waals surface area contributed by atoms with Crippen molar-refractivity contribution in [1.82, 2.24) is 29.1 Å². The van der Waals surface area contributed by atoms with E-state index >= 15 is 0 Å². The van der Waals surface area contributed by atoms with Crippen molar-refractivity contribution in [3.8, 4) is 0 Å². The van der Waals surface area contributed by atoms with E-state index in [2.05, 4.69) is 60.3 Å². The van der Waals surface area contributed by atoms with Crippen LogP contribution in [-0.4, -0.2) is 29.1 Å². The van der Waals surface area contributed by atoms with Crippen LogP contribution in [0.3, 0.4) is 0 Å². The summed E-state index contributed by atoms with van der Waals surface area (Å²) in [5, 5.41) is 9.84. The molecule has 0 spiro atoms. The lowest BCUT2D eigenvalue weighted by molar-refractivity contribution is 0.656. The Morgan fingerprint density at radius 3 is 2.67 bits per heavy atom. The number of fused-ring (bicyclic) bond motifs is 4. The minimum atomic E-state index is 0.726. The van der Waals surface area contributed by atoms with E-state index in [4.69, 9.17) is 0 Å². The number of unbranched alkanes of at least 4 members (excludes halogenated alkanes) is 1. The summed E-state index contributed by atoms with van der Waals surface area (Å²) >= 11 is 1.66. The summed E-state index contributed by atoms with van der Waals surface area (Å²) in [5.41, 5.74) is 4.42. The van der Waals surface area contributed by atoms with Crippen molar-refractivity contribution in [1.29, 1.82) is 0 Å². The Balaban J connectivity index is 1.51. The van der Waals surface area contributed by atoms with Crippen LogP contribution in [-0.2, 0) is 12.3 Å². The maximum Gasteiger partial charge on any atom is 0.237 e. The molecule has 0 aliphatic heterocycles. The molecule has 0 atom stereocenters. The van der Waals surface area contributed by atoms with E-state index in [-0.39, 0.29) is 0 Å². The first-order chi connectivity index (χ1) is 13.3.